The van der Waals surface area contributed by atoms with E-state index in [0.29, 0.717) is 11.3 Å². The first kappa shape index (κ1) is 34.8. The van der Waals surface area contributed by atoms with Crippen LogP contribution < -0.4 is 24.8 Å². The molecule has 3 aromatic rings. The maximum absolute atomic E-state index is 3.35. The summed E-state index contributed by atoms with van der Waals surface area (Å²) >= 11 is 1.55. The van der Waals surface area contributed by atoms with Crippen LogP contribution in [0.1, 0.15) is 97.9 Å². The van der Waals surface area contributed by atoms with Crippen LogP contribution in [0.5, 0.6) is 0 Å². The van der Waals surface area contributed by atoms with Crippen molar-refractivity contribution in [2.45, 2.75) is 86.5 Å². The number of benzene rings is 2. The summed E-state index contributed by atoms with van der Waals surface area (Å²) in [6.45, 7) is 22.4. The molecule has 0 aromatic heterocycles. The fraction of sp³-hybridized carbons (Fsp3) is 0.405. The first-order valence-electron chi connectivity index (χ1n) is 14.1. The molecule has 0 spiro atoms. The maximum atomic E-state index is 3.35. The average Bonchev–Trinajstić information content (AvgIpc) is 3.56. The molecular weight excluding hydrogens is 607 g/mol. The number of fused-ring (bicyclic) bond motifs is 5. The quantitative estimate of drug-likeness (QED) is 0.342. The fourth-order valence-corrected chi connectivity index (χ4v) is 5.52. The van der Waals surface area contributed by atoms with Gasteiger partial charge in [-0.15, -0.1) is 39.7 Å². The molecule has 0 nitrogen and oxygen atoms in total. The van der Waals surface area contributed by atoms with Crippen LogP contribution in [0.25, 0.3) is 33.7 Å². The van der Waals surface area contributed by atoms with Crippen LogP contribution in [0.2, 0.25) is 0 Å². The van der Waals surface area contributed by atoms with E-state index < -0.39 is 0 Å². The molecule has 0 radical (unpaired) electrons. The summed E-state index contributed by atoms with van der Waals surface area (Å²) in [5, 5.41) is 5.53. The topological polar surface area (TPSA) is 0 Å². The molecular formula is C37H44Cl2Zr-2. The van der Waals surface area contributed by atoms with Crippen LogP contribution >= 0.6 is 0 Å². The zero-order valence-electron chi connectivity index (χ0n) is 25.9. The van der Waals surface area contributed by atoms with E-state index in [0.717, 1.165) is 0 Å². The van der Waals surface area contributed by atoms with Crippen LogP contribution in [0.3, 0.4) is 0 Å². The molecule has 1 atom stereocenters. The van der Waals surface area contributed by atoms with Crippen molar-refractivity contribution in [2.24, 2.45) is 11.3 Å². The second kappa shape index (κ2) is 12.9. The minimum atomic E-state index is 0. The molecule has 3 aliphatic rings. The van der Waals surface area contributed by atoms with Gasteiger partial charge < -0.3 is 24.8 Å². The molecule has 0 amide bonds. The standard InChI is InChI=1S/C23H21.C11H17.C3H6.2ClH.Zr/c1-22(2)7-5-14-10-18-16(12-20(14)22)9-17-13-21-15(11-19(17)18)6-8-23(21,3)4;1-5-9-6-7-10(8-9)11(2,3)4;1-3-2;;;/h5-13H,1-4H3;7-9H,5H2,1-4H3;1-2H3;2*1H;/q2*-1;;;;+2/p-2. The Labute approximate surface area is 270 Å². The van der Waals surface area contributed by atoms with Crippen LogP contribution in [0.4, 0.5) is 0 Å². The number of halogens is 2. The Morgan fingerprint density at radius 3 is 1.60 bits per heavy atom. The van der Waals surface area contributed by atoms with Gasteiger partial charge in [0.15, 0.2) is 0 Å². The zero-order valence-corrected chi connectivity index (χ0v) is 29.9. The van der Waals surface area contributed by atoms with E-state index in [9.17, 15) is 0 Å². The Kier molecular flexibility index (Phi) is 11.2. The third kappa shape index (κ3) is 7.32. The van der Waals surface area contributed by atoms with E-state index in [2.05, 4.69) is 142 Å². The van der Waals surface area contributed by atoms with E-state index in [1.165, 1.54) is 59.0 Å². The Hall–Kier alpha value is -1.40. The van der Waals surface area contributed by atoms with Crippen molar-refractivity contribution in [3.63, 3.8) is 0 Å². The number of hydrogen-bond donors (Lipinski definition) is 0. The molecule has 0 fully saturated rings. The molecule has 0 saturated heterocycles. The Morgan fingerprint density at radius 1 is 0.850 bits per heavy atom. The van der Waals surface area contributed by atoms with Gasteiger partial charge in [0.2, 0.25) is 0 Å². The van der Waals surface area contributed by atoms with Crippen molar-refractivity contribution < 1.29 is 49.0 Å². The van der Waals surface area contributed by atoms with Gasteiger partial charge in [-0.2, -0.15) is 11.6 Å². The summed E-state index contributed by atoms with van der Waals surface area (Å²) in [5.41, 5.74) is 7.71. The summed E-state index contributed by atoms with van der Waals surface area (Å²) in [6, 6.07) is 11.9. The van der Waals surface area contributed by atoms with Crippen molar-refractivity contribution >= 4 is 36.9 Å². The molecule has 3 heteroatoms. The summed E-state index contributed by atoms with van der Waals surface area (Å²) in [6.07, 6.45) is 18.2. The van der Waals surface area contributed by atoms with Crippen molar-refractivity contribution in [1.82, 2.24) is 0 Å². The van der Waals surface area contributed by atoms with E-state index in [4.69, 9.17) is 0 Å². The smallest absolute Gasteiger partial charge is 1.00 e. The molecule has 40 heavy (non-hydrogen) atoms. The predicted molar refractivity (Wildman–Crippen MR) is 167 cm³/mol. The van der Waals surface area contributed by atoms with E-state index >= 15 is 0 Å². The molecule has 0 saturated carbocycles. The molecule has 6 rings (SSSR count). The van der Waals surface area contributed by atoms with Gasteiger partial charge in [-0.1, -0.05) is 121 Å². The summed E-state index contributed by atoms with van der Waals surface area (Å²) < 4.78 is 1.51. The van der Waals surface area contributed by atoms with Crippen molar-refractivity contribution in [3.05, 3.63) is 88.5 Å². The molecule has 1 unspecified atom stereocenters. The van der Waals surface area contributed by atoms with Gasteiger partial charge in [0, 0.05) is 10.8 Å². The summed E-state index contributed by atoms with van der Waals surface area (Å²) in [5.74, 6) is 0.573. The van der Waals surface area contributed by atoms with Crippen molar-refractivity contribution in [3.8, 4) is 0 Å². The normalized spacial score (nSPS) is 18.6. The second-order valence-electron chi connectivity index (χ2n) is 13.5. The number of allylic oxidation sites excluding steroid dienone is 6. The van der Waals surface area contributed by atoms with Crippen LogP contribution in [0.15, 0.2) is 60.2 Å². The Morgan fingerprint density at radius 2 is 1.27 bits per heavy atom. The Balaban J connectivity index is 0.000000280. The molecule has 0 N–H and O–H groups in total. The minimum absolute atomic E-state index is 0. The first-order valence-corrected chi connectivity index (χ1v) is 15.3. The molecule has 3 aliphatic carbocycles. The molecule has 0 aliphatic heterocycles. The molecule has 3 aromatic carbocycles. The van der Waals surface area contributed by atoms with E-state index in [1.807, 2.05) is 0 Å². The van der Waals surface area contributed by atoms with Gasteiger partial charge in [-0.3, -0.25) is 6.08 Å². The molecule has 212 valence electrons. The molecule has 0 heterocycles. The summed E-state index contributed by atoms with van der Waals surface area (Å²) in [4.78, 5) is 0. The van der Waals surface area contributed by atoms with Gasteiger partial charge in [-0.05, 0) is 11.1 Å². The van der Waals surface area contributed by atoms with E-state index in [-0.39, 0.29) is 35.6 Å². The molecule has 0 bridgehead atoms. The van der Waals surface area contributed by atoms with Gasteiger partial charge in [0.1, 0.15) is 0 Å². The first-order chi connectivity index (χ1) is 17.6. The van der Waals surface area contributed by atoms with Gasteiger partial charge in [0.05, 0.1) is 0 Å². The maximum Gasteiger partial charge on any atom is -1.00 e. The van der Waals surface area contributed by atoms with E-state index in [1.54, 1.807) is 24.2 Å². The SMILES string of the molecule is CC1(C)C=Cc2cc3c(cc21)[cH-]c1cc2c(cc13)C=CC2(C)C.CCC1[C-]=CC(C(C)(C)C)=C1.C[C](C)=[Zr+2].[Cl-].[Cl-]. The number of hydrogen-bond acceptors (Lipinski definition) is 0. The zero-order chi connectivity index (χ0) is 28.0. The second-order valence-corrected chi connectivity index (χ2v) is 16.0. The predicted octanol–water partition coefficient (Wildman–Crippen LogP) is 4.43. The van der Waals surface area contributed by atoms with Gasteiger partial charge >= 0.3 is 41.3 Å². The Bertz CT molecular complexity index is 1430. The third-order valence-electron chi connectivity index (χ3n) is 7.93. The minimum Gasteiger partial charge on any atom is -1.00 e. The number of rotatable bonds is 1. The fourth-order valence-electron chi connectivity index (χ4n) is 5.52. The van der Waals surface area contributed by atoms with Gasteiger partial charge in [-0.25, -0.2) is 6.08 Å². The monoisotopic (exact) mass is 648 g/mol. The van der Waals surface area contributed by atoms with Crippen molar-refractivity contribution in [1.29, 1.82) is 0 Å². The summed E-state index contributed by atoms with van der Waals surface area (Å²) in [7, 11) is 0. The van der Waals surface area contributed by atoms with Crippen LogP contribution in [-0.2, 0) is 35.1 Å². The van der Waals surface area contributed by atoms with Crippen molar-refractivity contribution in [2.75, 3.05) is 0 Å². The van der Waals surface area contributed by atoms with Gasteiger partial charge in [0.25, 0.3) is 0 Å². The largest absolute Gasteiger partial charge is 1.00 e. The average molecular weight is 651 g/mol. The van der Waals surface area contributed by atoms with Crippen LogP contribution in [-0.4, -0.2) is 3.21 Å². The third-order valence-corrected chi connectivity index (χ3v) is 7.93. The van der Waals surface area contributed by atoms with Crippen LogP contribution in [0, 0.1) is 17.4 Å².